The Hall–Kier alpha value is -0.960. The Morgan fingerprint density at radius 1 is 1.58 bits per heavy atom. The van der Waals surface area contributed by atoms with Crippen molar-refractivity contribution in [2.45, 2.75) is 11.8 Å². The minimum Gasteiger partial charge on any atom is -0.398 e. The molecule has 0 radical (unpaired) electrons. The molecule has 0 aliphatic rings. The van der Waals surface area contributed by atoms with Crippen LogP contribution < -0.4 is 5.73 Å². The van der Waals surface area contributed by atoms with Crippen LogP contribution in [0.15, 0.2) is 29.0 Å². The van der Waals surface area contributed by atoms with E-state index in [0.29, 0.717) is 10.6 Å². The van der Waals surface area contributed by atoms with Crippen molar-refractivity contribution in [2.24, 2.45) is 0 Å². The number of anilines is 1. The van der Waals surface area contributed by atoms with E-state index in [4.69, 9.17) is 5.73 Å². The third-order valence-corrected chi connectivity index (χ3v) is 2.25. The first-order valence-electron chi connectivity index (χ1n) is 3.48. The van der Waals surface area contributed by atoms with Gasteiger partial charge in [-0.2, -0.15) is 0 Å². The zero-order valence-corrected chi connectivity index (χ0v) is 7.62. The molecule has 1 aromatic rings. The van der Waals surface area contributed by atoms with E-state index in [1.54, 1.807) is 11.5 Å². The number of nitrogens with two attached hydrogens (primary N) is 1. The first-order valence-corrected chi connectivity index (χ1v) is 4.36. The van der Waals surface area contributed by atoms with Gasteiger partial charge < -0.3 is 5.73 Å². The molecule has 0 spiro atoms. The van der Waals surface area contributed by atoms with Crippen LogP contribution in [0, 0.1) is 12.7 Å². The molecule has 0 aliphatic heterocycles. The topological polar surface area (TPSA) is 26.0 Å². The molecule has 0 fully saturated rings. The lowest BCUT2D eigenvalue weighted by Gasteiger charge is -2.04. The molecule has 0 aromatic heterocycles. The van der Waals surface area contributed by atoms with Crippen molar-refractivity contribution in [1.82, 2.24) is 0 Å². The Kier molecular flexibility index (Phi) is 2.76. The molecule has 0 saturated heterocycles. The molecule has 0 atom stereocenters. The minimum atomic E-state index is -0.280. The predicted molar refractivity (Wildman–Crippen MR) is 51.6 cm³/mol. The number of aryl methyl sites for hydroxylation is 1. The van der Waals surface area contributed by atoms with Crippen LogP contribution in [-0.2, 0) is 0 Å². The lowest BCUT2D eigenvalue weighted by atomic mass is 10.2. The summed E-state index contributed by atoms with van der Waals surface area (Å²) in [7, 11) is 0. The maximum atomic E-state index is 13.1. The standard InChI is InChI=1S/C9H10FNS/c1-3-12-9-7(10)4-6(2)5-8(9)11/h3-5H,1,11H2,2H3. The summed E-state index contributed by atoms with van der Waals surface area (Å²) >= 11 is 1.20. The van der Waals surface area contributed by atoms with Gasteiger partial charge in [-0.15, -0.1) is 0 Å². The molecule has 0 aliphatic carbocycles. The zero-order chi connectivity index (χ0) is 9.14. The van der Waals surface area contributed by atoms with E-state index in [1.165, 1.54) is 17.8 Å². The smallest absolute Gasteiger partial charge is 0.139 e. The maximum absolute atomic E-state index is 13.1. The number of halogens is 1. The van der Waals surface area contributed by atoms with Gasteiger partial charge in [0.15, 0.2) is 0 Å². The number of rotatable bonds is 2. The van der Waals surface area contributed by atoms with Crippen molar-refractivity contribution >= 4 is 17.4 Å². The normalized spacial score (nSPS) is 9.83. The van der Waals surface area contributed by atoms with Crippen LogP contribution in [0.2, 0.25) is 0 Å². The molecule has 1 nitrogen and oxygen atoms in total. The SMILES string of the molecule is C=CSc1c(N)cc(C)cc1F. The van der Waals surface area contributed by atoms with Gasteiger partial charge >= 0.3 is 0 Å². The molecule has 12 heavy (non-hydrogen) atoms. The molecule has 0 unspecified atom stereocenters. The van der Waals surface area contributed by atoms with Crippen molar-refractivity contribution in [3.63, 3.8) is 0 Å². The molecule has 0 heterocycles. The highest BCUT2D eigenvalue weighted by molar-refractivity contribution is 8.02. The number of hydrogen-bond donors (Lipinski definition) is 1. The molecule has 2 N–H and O–H groups in total. The fourth-order valence-electron chi connectivity index (χ4n) is 0.963. The van der Waals surface area contributed by atoms with Gasteiger partial charge in [0.05, 0.1) is 4.90 Å². The highest BCUT2D eigenvalue weighted by Gasteiger charge is 2.05. The molecular formula is C9H10FNS. The van der Waals surface area contributed by atoms with Gasteiger partial charge in [-0.3, -0.25) is 0 Å². The van der Waals surface area contributed by atoms with Crippen LogP contribution in [0.25, 0.3) is 0 Å². The second kappa shape index (κ2) is 3.63. The molecule has 1 rings (SSSR count). The Morgan fingerprint density at radius 3 is 2.75 bits per heavy atom. The number of nitrogen functional groups attached to an aromatic ring is 1. The van der Waals surface area contributed by atoms with Crippen molar-refractivity contribution in [3.05, 3.63) is 35.5 Å². The summed E-state index contributed by atoms with van der Waals surface area (Å²) in [4.78, 5) is 0.454. The van der Waals surface area contributed by atoms with Gasteiger partial charge in [0, 0.05) is 5.69 Å². The quantitative estimate of drug-likeness (QED) is 0.563. The van der Waals surface area contributed by atoms with Crippen LogP contribution >= 0.6 is 11.8 Å². The number of hydrogen-bond acceptors (Lipinski definition) is 2. The van der Waals surface area contributed by atoms with Gasteiger partial charge in [0.1, 0.15) is 5.82 Å². The Bertz CT molecular complexity index is 286. The highest BCUT2D eigenvalue weighted by Crippen LogP contribution is 2.29. The van der Waals surface area contributed by atoms with E-state index < -0.39 is 0 Å². The number of thioether (sulfide) groups is 1. The lowest BCUT2D eigenvalue weighted by molar-refractivity contribution is 0.602. The molecule has 0 bridgehead atoms. The largest absolute Gasteiger partial charge is 0.398 e. The summed E-state index contributed by atoms with van der Waals surface area (Å²) in [6.45, 7) is 5.31. The third-order valence-electron chi connectivity index (χ3n) is 1.42. The monoisotopic (exact) mass is 183 g/mol. The van der Waals surface area contributed by atoms with Gasteiger partial charge in [-0.25, -0.2) is 4.39 Å². The molecule has 1 aromatic carbocycles. The lowest BCUT2D eigenvalue weighted by Crippen LogP contribution is -1.92. The third kappa shape index (κ3) is 1.80. The molecule has 0 saturated carbocycles. The first-order chi connectivity index (χ1) is 5.65. The second-order valence-electron chi connectivity index (χ2n) is 2.45. The van der Waals surface area contributed by atoms with Crippen molar-refractivity contribution in [1.29, 1.82) is 0 Å². The van der Waals surface area contributed by atoms with E-state index in [2.05, 4.69) is 6.58 Å². The maximum Gasteiger partial charge on any atom is 0.139 e. The predicted octanol–water partition coefficient (Wildman–Crippen LogP) is 2.95. The zero-order valence-electron chi connectivity index (χ0n) is 6.80. The molecule has 0 amide bonds. The van der Waals surface area contributed by atoms with E-state index in [9.17, 15) is 4.39 Å². The summed E-state index contributed by atoms with van der Waals surface area (Å²) in [5, 5.41) is 1.56. The van der Waals surface area contributed by atoms with Gasteiger partial charge in [0.2, 0.25) is 0 Å². The van der Waals surface area contributed by atoms with E-state index in [-0.39, 0.29) is 5.82 Å². The summed E-state index contributed by atoms with van der Waals surface area (Å²) in [6.07, 6.45) is 0. The van der Waals surface area contributed by atoms with Crippen LogP contribution in [-0.4, -0.2) is 0 Å². The van der Waals surface area contributed by atoms with Crippen LogP contribution in [0.1, 0.15) is 5.56 Å². The van der Waals surface area contributed by atoms with Crippen LogP contribution in [0.4, 0.5) is 10.1 Å². The summed E-state index contributed by atoms with van der Waals surface area (Å²) < 4.78 is 13.1. The summed E-state index contributed by atoms with van der Waals surface area (Å²) in [5.74, 6) is -0.280. The Morgan fingerprint density at radius 2 is 2.25 bits per heavy atom. The van der Waals surface area contributed by atoms with Crippen molar-refractivity contribution in [3.8, 4) is 0 Å². The summed E-state index contributed by atoms with van der Waals surface area (Å²) in [6, 6.07) is 3.21. The second-order valence-corrected chi connectivity index (χ2v) is 3.43. The first kappa shape index (κ1) is 9.13. The minimum absolute atomic E-state index is 0.280. The fourth-order valence-corrected chi connectivity index (χ4v) is 1.50. The van der Waals surface area contributed by atoms with Crippen LogP contribution in [0.3, 0.4) is 0 Å². The molecule has 3 heteroatoms. The Balaban J connectivity index is 3.18. The average molecular weight is 183 g/mol. The molecule has 64 valence electrons. The molecular weight excluding hydrogens is 173 g/mol. The van der Waals surface area contributed by atoms with Gasteiger partial charge in [-0.1, -0.05) is 18.3 Å². The number of benzene rings is 1. The average Bonchev–Trinajstić information content (AvgIpc) is 1.96. The van der Waals surface area contributed by atoms with E-state index >= 15 is 0 Å². The summed E-state index contributed by atoms with van der Waals surface area (Å²) in [5.41, 5.74) is 6.90. The van der Waals surface area contributed by atoms with Gasteiger partial charge in [0.25, 0.3) is 0 Å². The fraction of sp³-hybridized carbons (Fsp3) is 0.111. The van der Waals surface area contributed by atoms with E-state index in [0.717, 1.165) is 5.56 Å². The van der Waals surface area contributed by atoms with E-state index in [1.807, 2.05) is 6.92 Å². The van der Waals surface area contributed by atoms with Crippen molar-refractivity contribution < 1.29 is 4.39 Å². The van der Waals surface area contributed by atoms with Crippen LogP contribution in [0.5, 0.6) is 0 Å². The Labute approximate surface area is 75.5 Å². The van der Waals surface area contributed by atoms with Crippen molar-refractivity contribution in [2.75, 3.05) is 5.73 Å². The highest BCUT2D eigenvalue weighted by atomic mass is 32.2. The van der Waals surface area contributed by atoms with Gasteiger partial charge in [-0.05, 0) is 30.0 Å².